The van der Waals surface area contributed by atoms with Gasteiger partial charge in [-0.2, -0.15) is 0 Å². The normalized spacial score (nSPS) is 15.2. The van der Waals surface area contributed by atoms with Gasteiger partial charge in [-0.25, -0.2) is 4.39 Å². The average molecular weight is 350 g/mol. The molecule has 2 rings (SSSR count). The Morgan fingerprint density at radius 1 is 1.36 bits per heavy atom. The smallest absolute Gasteiger partial charge is 0.224 e. The highest BCUT2D eigenvalue weighted by atomic mass is 35.5. The first kappa shape index (κ1) is 19.2. The molecule has 0 bridgehead atoms. The van der Waals surface area contributed by atoms with Crippen molar-refractivity contribution in [1.29, 1.82) is 0 Å². The Kier molecular flexibility index (Phi) is 8.71. The molecule has 1 aromatic carbocycles. The van der Waals surface area contributed by atoms with Crippen molar-refractivity contribution in [3.8, 4) is 0 Å². The van der Waals surface area contributed by atoms with E-state index >= 15 is 0 Å². The van der Waals surface area contributed by atoms with Crippen molar-refractivity contribution in [1.82, 2.24) is 15.5 Å². The zero-order valence-corrected chi connectivity index (χ0v) is 14.0. The monoisotopic (exact) mass is 349 g/mol. The molecule has 22 heavy (non-hydrogen) atoms. The van der Waals surface area contributed by atoms with Crippen LogP contribution in [-0.4, -0.2) is 50.1 Å². The van der Waals surface area contributed by atoms with Crippen LogP contribution in [0.5, 0.6) is 0 Å². The Morgan fingerprint density at radius 2 is 2.09 bits per heavy atom. The maximum atomic E-state index is 13.6. The van der Waals surface area contributed by atoms with Crippen molar-refractivity contribution in [2.45, 2.75) is 12.8 Å². The Bertz CT molecular complexity index is 462. The van der Waals surface area contributed by atoms with Gasteiger partial charge in [0.1, 0.15) is 5.82 Å². The van der Waals surface area contributed by atoms with E-state index in [1.54, 1.807) is 6.07 Å². The van der Waals surface area contributed by atoms with Gasteiger partial charge in [0, 0.05) is 43.3 Å². The summed E-state index contributed by atoms with van der Waals surface area (Å²) in [6, 6.07) is 4.45. The molecule has 1 aromatic rings. The van der Waals surface area contributed by atoms with Crippen molar-refractivity contribution in [3.63, 3.8) is 0 Å². The number of rotatable bonds is 6. The lowest BCUT2D eigenvalue weighted by molar-refractivity contribution is -0.120. The van der Waals surface area contributed by atoms with Crippen LogP contribution in [0.25, 0.3) is 0 Å². The lowest BCUT2D eigenvalue weighted by Gasteiger charge is -2.27. The van der Waals surface area contributed by atoms with Gasteiger partial charge in [-0.1, -0.05) is 17.7 Å². The van der Waals surface area contributed by atoms with Crippen LogP contribution in [0.1, 0.15) is 12.0 Å². The molecule has 1 aliphatic rings. The number of amides is 1. The number of carbonyl (C=O) groups is 1. The van der Waals surface area contributed by atoms with Gasteiger partial charge >= 0.3 is 0 Å². The molecular weight excluding hydrogens is 328 g/mol. The van der Waals surface area contributed by atoms with Crippen molar-refractivity contribution >= 4 is 29.9 Å². The van der Waals surface area contributed by atoms with E-state index in [9.17, 15) is 9.18 Å². The third kappa shape index (κ3) is 6.08. The molecule has 0 saturated carbocycles. The molecule has 0 atom stereocenters. The molecule has 1 aliphatic heterocycles. The molecule has 1 fully saturated rings. The number of benzene rings is 1. The third-order valence-corrected chi connectivity index (χ3v) is 3.94. The minimum atomic E-state index is -0.432. The van der Waals surface area contributed by atoms with Crippen LogP contribution in [-0.2, 0) is 11.2 Å². The van der Waals surface area contributed by atoms with Gasteiger partial charge in [0.05, 0.1) is 6.42 Å². The number of nitrogens with zero attached hydrogens (tertiary/aromatic N) is 1. The van der Waals surface area contributed by atoms with Crippen molar-refractivity contribution in [2.75, 3.05) is 39.3 Å². The van der Waals surface area contributed by atoms with E-state index in [4.69, 9.17) is 11.6 Å². The molecule has 1 saturated heterocycles. The minimum Gasteiger partial charge on any atom is -0.356 e. The lowest BCUT2D eigenvalue weighted by atomic mass is 10.1. The SMILES string of the molecule is Cl.O=C(Cc1c(F)cccc1Cl)NCCCN1CCNCC1. The zero-order valence-electron chi connectivity index (χ0n) is 12.4. The van der Waals surface area contributed by atoms with E-state index in [-0.39, 0.29) is 30.3 Å². The Morgan fingerprint density at radius 3 is 2.77 bits per heavy atom. The molecule has 0 aliphatic carbocycles. The van der Waals surface area contributed by atoms with Crippen LogP contribution in [0.15, 0.2) is 18.2 Å². The molecular formula is C15H22Cl2FN3O. The molecule has 0 aromatic heterocycles. The summed E-state index contributed by atoms with van der Waals surface area (Å²) in [4.78, 5) is 14.2. The first-order valence-electron chi connectivity index (χ1n) is 7.29. The molecule has 2 N–H and O–H groups in total. The predicted octanol–water partition coefficient (Wildman–Crippen LogP) is 1.85. The number of piperazine rings is 1. The highest BCUT2D eigenvalue weighted by Crippen LogP contribution is 2.19. The highest BCUT2D eigenvalue weighted by molar-refractivity contribution is 6.31. The Balaban J connectivity index is 0.00000242. The van der Waals surface area contributed by atoms with E-state index in [0.717, 1.165) is 39.1 Å². The predicted molar refractivity (Wildman–Crippen MR) is 89.3 cm³/mol. The van der Waals surface area contributed by atoms with Crippen molar-refractivity contribution < 1.29 is 9.18 Å². The third-order valence-electron chi connectivity index (χ3n) is 3.58. The van der Waals surface area contributed by atoms with Crippen LogP contribution in [0.2, 0.25) is 5.02 Å². The molecule has 1 amide bonds. The molecule has 1 heterocycles. The van der Waals surface area contributed by atoms with Crippen LogP contribution < -0.4 is 10.6 Å². The quantitative estimate of drug-likeness (QED) is 0.770. The van der Waals surface area contributed by atoms with Crippen LogP contribution >= 0.6 is 24.0 Å². The van der Waals surface area contributed by atoms with E-state index < -0.39 is 5.82 Å². The average Bonchev–Trinajstić information content (AvgIpc) is 2.49. The van der Waals surface area contributed by atoms with Crippen LogP contribution in [0, 0.1) is 5.82 Å². The maximum Gasteiger partial charge on any atom is 0.224 e. The summed E-state index contributed by atoms with van der Waals surface area (Å²) in [7, 11) is 0. The van der Waals surface area contributed by atoms with Gasteiger partial charge in [0.15, 0.2) is 0 Å². The first-order valence-corrected chi connectivity index (χ1v) is 7.67. The van der Waals surface area contributed by atoms with E-state index in [1.165, 1.54) is 12.1 Å². The van der Waals surface area contributed by atoms with Crippen LogP contribution in [0.3, 0.4) is 0 Å². The molecule has 7 heteroatoms. The van der Waals surface area contributed by atoms with Gasteiger partial charge in [0.25, 0.3) is 0 Å². The molecule has 0 unspecified atom stereocenters. The fourth-order valence-electron chi connectivity index (χ4n) is 2.39. The first-order chi connectivity index (χ1) is 10.2. The van der Waals surface area contributed by atoms with Gasteiger partial charge in [0.2, 0.25) is 5.91 Å². The van der Waals surface area contributed by atoms with Gasteiger partial charge in [-0.05, 0) is 25.1 Å². The van der Waals surface area contributed by atoms with Crippen molar-refractivity contribution in [3.05, 3.63) is 34.6 Å². The summed E-state index contributed by atoms with van der Waals surface area (Å²) in [6.45, 7) is 5.74. The molecule has 0 spiro atoms. The summed E-state index contributed by atoms with van der Waals surface area (Å²) in [5, 5.41) is 6.42. The molecule has 0 radical (unpaired) electrons. The number of nitrogens with one attached hydrogen (secondary N) is 2. The standard InChI is InChI=1S/C15H21ClFN3O.ClH/c16-13-3-1-4-14(17)12(13)11-15(21)19-5-2-8-20-9-6-18-7-10-20;/h1,3-4,18H,2,5-11H2,(H,19,21);1H. The Hall–Kier alpha value is -0.880. The summed E-state index contributed by atoms with van der Waals surface area (Å²) in [6.07, 6.45) is 0.885. The van der Waals surface area contributed by atoms with Gasteiger partial charge in [-0.15, -0.1) is 12.4 Å². The maximum absolute atomic E-state index is 13.6. The van der Waals surface area contributed by atoms with E-state index in [1.807, 2.05) is 0 Å². The zero-order chi connectivity index (χ0) is 15.1. The Labute approximate surface area is 141 Å². The van der Waals surface area contributed by atoms with Gasteiger partial charge in [-0.3, -0.25) is 4.79 Å². The minimum absolute atomic E-state index is 0. The molecule has 124 valence electrons. The second kappa shape index (κ2) is 10.0. The highest BCUT2D eigenvalue weighted by Gasteiger charge is 2.12. The summed E-state index contributed by atoms with van der Waals surface area (Å²) in [5.74, 6) is -0.624. The number of hydrogen-bond donors (Lipinski definition) is 2. The number of hydrogen-bond acceptors (Lipinski definition) is 3. The largest absolute Gasteiger partial charge is 0.356 e. The lowest BCUT2D eigenvalue weighted by Crippen LogP contribution is -2.44. The van der Waals surface area contributed by atoms with Crippen molar-refractivity contribution in [2.24, 2.45) is 0 Å². The van der Waals surface area contributed by atoms with E-state index in [2.05, 4.69) is 15.5 Å². The number of halogens is 3. The fourth-order valence-corrected chi connectivity index (χ4v) is 2.62. The summed E-state index contributed by atoms with van der Waals surface area (Å²) >= 11 is 5.90. The summed E-state index contributed by atoms with van der Waals surface area (Å²) < 4.78 is 13.6. The second-order valence-electron chi connectivity index (χ2n) is 5.17. The second-order valence-corrected chi connectivity index (χ2v) is 5.58. The molecule has 4 nitrogen and oxygen atoms in total. The topological polar surface area (TPSA) is 44.4 Å². The fraction of sp³-hybridized carbons (Fsp3) is 0.533. The summed E-state index contributed by atoms with van der Waals surface area (Å²) in [5.41, 5.74) is 0.263. The van der Waals surface area contributed by atoms with E-state index in [0.29, 0.717) is 11.6 Å². The van der Waals surface area contributed by atoms with Gasteiger partial charge < -0.3 is 15.5 Å². The van der Waals surface area contributed by atoms with Crippen LogP contribution in [0.4, 0.5) is 4.39 Å². The number of carbonyl (C=O) groups excluding carboxylic acids is 1.